The molecular weight excluding hydrogens is 194 g/mol. The molecule has 1 saturated carbocycles. The summed E-state index contributed by atoms with van der Waals surface area (Å²) < 4.78 is 0. The van der Waals surface area contributed by atoms with Crippen LogP contribution < -0.4 is 11.3 Å². The van der Waals surface area contributed by atoms with Crippen LogP contribution in [0.5, 0.6) is 0 Å². The number of rotatable bonds is 6. The first kappa shape index (κ1) is 12.4. The molecule has 0 bridgehead atoms. The third-order valence-corrected chi connectivity index (χ3v) is 3.13. The number of nitrogens with zero attached hydrogens (tertiary/aromatic N) is 1. The van der Waals surface area contributed by atoms with Gasteiger partial charge in [-0.3, -0.25) is 15.1 Å². The zero-order valence-electron chi connectivity index (χ0n) is 9.28. The minimum Gasteiger partial charge on any atom is -0.395 e. The van der Waals surface area contributed by atoms with Gasteiger partial charge in [-0.05, 0) is 19.3 Å². The Morgan fingerprint density at radius 1 is 1.67 bits per heavy atom. The third-order valence-electron chi connectivity index (χ3n) is 3.13. The lowest BCUT2D eigenvalue weighted by Gasteiger charge is -2.41. The van der Waals surface area contributed by atoms with Crippen molar-refractivity contribution in [3.05, 3.63) is 0 Å². The summed E-state index contributed by atoms with van der Waals surface area (Å²) in [6.07, 6.45) is 4.18. The maximum absolute atomic E-state index is 11.5. The molecule has 0 aromatic carbocycles. The number of hydrogen-bond acceptors (Lipinski definition) is 4. The summed E-state index contributed by atoms with van der Waals surface area (Å²) in [7, 11) is 0. The highest BCUT2D eigenvalue weighted by molar-refractivity contribution is 5.81. The Labute approximate surface area is 90.6 Å². The van der Waals surface area contributed by atoms with Gasteiger partial charge in [0, 0.05) is 12.6 Å². The van der Waals surface area contributed by atoms with Crippen molar-refractivity contribution >= 4 is 5.91 Å². The van der Waals surface area contributed by atoms with Crippen molar-refractivity contribution < 1.29 is 9.90 Å². The standard InChI is InChI=1S/C10H21N3O2/c1-2-9(10(15)12-11)13(6-7-14)8-4-3-5-8/h8-9,14H,2-7,11H2,1H3,(H,12,15). The number of carbonyl (C=O) groups excluding carboxylic acids is 1. The van der Waals surface area contributed by atoms with Crippen LogP contribution in [0, 0.1) is 0 Å². The maximum atomic E-state index is 11.5. The molecule has 0 radical (unpaired) electrons. The van der Waals surface area contributed by atoms with Gasteiger partial charge in [0.1, 0.15) is 0 Å². The number of nitrogens with one attached hydrogen (secondary N) is 1. The lowest BCUT2D eigenvalue weighted by Crippen LogP contribution is -2.55. The number of carbonyl (C=O) groups is 1. The average molecular weight is 215 g/mol. The number of amides is 1. The molecular formula is C10H21N3O2. The van der Waals surface area contributed by atoms with Crippen LogP contribution in [-0.4, -0.2) is 41.1 Å². The van der Waals surface area contributed by atoms with Gasteiger partial charge in [-0.1, -0.05) is 13.3 Å². The van der Waals surface area contributed by atoms with E-state index in [-0.39, 0.29) is 18.6 Å². The zero-order chi connectivity index (χ0) is 11.3. The van der Waals surface area contributed by atoms with Gasteiger partial charge in [0.25, 0.3) is 5.91 Å². The van der Waals surface area contributed by atoms with E-state index in [1.54, 1.807) is 0 Å². The van der Waals surface area contributed by atoms with Crippen LogP contribution >= 0.6 is 0 Å². The highest BCUT2D eigenvalue weighted by atomic mass is 16.3. The molecule has 0 spiro atoms. The van der Waals surface area contributed by atoms with Crippen LogP contribution in [0.1, 0.15) is 32.6 Å². The topological polar surface area (TPSA) is 78.6 Å². The number of nitrogens with two attached hydrogens (primary N) is 1. The fraction of sp³-hybridized carbons (Fsp3) is 0.900. The number of aliphatic hydroxyl groups is 1. The predicted octanol–water partition coefficient (Wildman–Crippen LogP) is -0.398. The largest absolute Gasteiger partial charge is 0.395 e. The predicted molar refractivity (Wildman–Crippen MR) is 57.8 cm³/mol. The highest BCUT2D eigenvalue weighted by Crippen LogP contribution is 2.27. The molecule has 0 aromatic rings. The molecule has 5 heteroatoms. The lowest BCUT2D eigenvalue weighted by molar-refractivity contribution is -0.128. The van der Waals surface area contributed by atoms with Crippen LogP contribution in [-0.2, 0) is 4.79 Å². The summed E-state index contributed by atoms with van der Waals surface area (Å²) in [6.45, 7) is 2.60. The monoisotopic (exact) mass is 215 g/mol. The molecule has 1 unspecified atom stereocenters. The zero-order valence-corrected chi connectivity index (χ0v) is 9.28. The molecule has 0 saturated heterocycles. The van der Waals surface area contributed by atoms with Gasteiger partial charge in [-0.25, -0.2) is 5.84 Å². The van der Waals surface area contributed by atoms with Gasteiger partial charge in [-0.2, -0.15) is 0 Å². The molecule has 1 fully saturated rings. The second kappa shape index (κ2) is 6.05. The first-order chi connectivity index (χ1) is 7.24. The van der Waals surface area contributed by atoms with E-state index in [1.807, 2.05) is 6.92 Å². The van der Waals surface area contributed by atoms with Crippen LogP contribution in [0.3, 0.4) is 0 Å². The molecule has 4 N–H and O–H groups in total. The smallest absolute Gasteiger partial charge is 0.251 e. The second-order valence-electron chi connectivity index (χ2n) is 3.98. The van der Waals surface area contributed by atoms with E-state index in [1.165, 1.54) is 6.42 Å². The van der Waals surface area contributed by atoms with E-state index in [0.717, 1.165) is 19.3 Å². The Morgan fingerprint density at radius 2 is 2.33 bits per heavy atom. The molecule has 1 atom stereocenters. The van der Waals surface area contributed by atoms with Crippen LogP contribution in [0.15, 0.2) is 0 Å². The molecule has 0 heterocycles. The average Bonchev–Trinajstić information content (AvgIpc) is 2.16. The first-order valence-electron chi connectivity index (χ1n) is 5.61. The molecule has 1 aliphatic carbocycles. The number of hydrogen-bond donors (Lipinski definition) is 3. The molecule has 15 heavy (non-hydrogen) atoms. The van der Waals surface area contributed by atoms with Crippen molar-refractivity contribution in [2.45, 2.75) is 44.7 Å². The van der Waals surface area contributed by atoms with E-state index < -0.39 is 0 Å². The Balaban J connectivity index is 2.61. The summed E-state index contributed by atoms with van der Waals surface area (Å²) in [6, 6.07) is 0.242. The molecule has 1 rings (SSSR count). The van der Waals surface area contributed by atoms with Crippen molar-refractivity contribution in [3.8, 4) is 0 Å². The molecule has 1 amide bonds. The first-order valence-corrected chi connectivity index (χ1v) is 5.61. The van der Waals surface area contributed by atoms with Crippen molar-refractivity contribution in [2.24, 2.45) is 5.84 Å². The van der Waals surface area contributed by atoms with Crippen molar-refractivity contribution in [3.63, 3.8) is 0 Å². The number of aliphatic hydroxyl groups excluding tert-OH is 1. The fourth-order valence-electron chi connectivity index (χ4n) is 2.09. The van der Waals surface area contributed by atoms with Gasteiger partial charge in [0.2, 0.25) is 0 Å². The van der Waals surface area contributed by atoms with Crippen LogP contribution in [0.25, 0.3) is 0 Å². The molecule has 0 aromatic heterocycles. The van der Waals surface area contributed by atoms with E-state index in [4.69, 9.17) is 10.9 Å². The van der Waals surface area contributed by atoms with Crippen LogP contribution in [0.4, 0.5) is 0 Å². The summed E-state index contributed by atoms with van der Waals surface area (Å²) in [5, 5.41) is 9.00. The minimum atomic E-state index is -0.201. The lowest BCUT2D eigenvalue weighted by atomic mass is 9.90. The summed E-state index contributed by atoms with van der Waals surface area (Å²) in [5.74, 6) is 5.00. The Bertz CT molecular complexity index is 207. The second-order valence-corrected chi connectivity index (χ2v) is 3.98. The molecule has 1 aliphatic rings. The SMILES string of the molecule is CCC(C(=O)NN)N(CCO)C1CCC1. The summed E-state index contributed by atoms with van der Waals surface area (Å²) >= 11 is 0. The summed E-state index contributed by atoms with van der Waals surface area (Å²) in [4.78, 5) is 13.6. The number of hydrazine groups is 1. The van der Waals surface area contributed by atoms with Crippen molar-refractivity contribution in [2.75, 3.05) is 13.2 Å². The van der Waals surface area contributed by atoms with Crippen LogP contribution in [0.2, 0.25) is 0 Å². The van der Waals surface area contributed by atoms with E-state index in [2.05, 4.69) is 10.3 Å². The Kier molecular flexibility index (Phi) is 5.01. The Morgan fingerprint density at radius 3 is 2.67 bits per heavy atom. The quantitative estimate of drug-likeness (QED) is 0.320. The van der Waals surface area contributed by atoms with E-state index in [9.17, 15) is 4.79 Å². The van der Waals surface area contributed by atoms with E-state index >= 15 is 0 Å². The van der Waals surface area contributed by atoms with Gasteiger partial charge in [0.15, 0.2) is 0 Å². The van der Waals surface area contributed by atoms with E-state index in [0.29, 0.717) is 12.6 Å². The van der Waals surface area contributed by atoms with Gasteiger partial charge >= 0.3 is 0 Å². The Hall–Kier alpha value is -0.650. The van der Waals surface area contributed by atoms with Gasteiger partial charge < -0.3 is 5.11 Å². The van der Waals surface area contributed by atoms with Crippen molar-refractivity contribution in [1.82, 2.24) is 10.3 Å². The van der Waals surface area contributed by atoms with Gasteiger partial charge in [0.05, 0.1) is 12.6 Å². The molecule has 88 valence electrons. The minimum absolute atomic E-state index is 0.0881. The summed E-state index contributed by atoms with van der Waals surface area (Å²) in [5.41, 5.74) is 2.20. The third kappa shape index (κ3) is 2.90. The normalized spacial score (nSPS) is 18.7. The maximum Gasteiger partial charge on any atom is 0.251 e. The highest BCUT2D eigenvalue weighted by Gasteiger charge is 2.32. The fourth-order valence-corrected chi connectivity index (χ4v) is 2.09. The molecule has 0 aliphatic heterocycles. The van der Waals surface area contributed by atoms with Crippen molar-refractivity contribution in [1.29, 1.82) is 0 Å². The van der Waals surface area contributed by atoms with Gasteiger partial charge in [-0.15, -0.1) is 0 Å². The molecule has 5 nitrogen and oxygen atoms in total.